The van der Waals surface area contributed by atoms with E-state index in [-0.39, 0.29) is 0 Å². The summed E-state index contributed by atoms with van der Waals surface area (Å²) in [5.41, 5.74) is 2.15. The van der Waals surface area contributed by atoms with Crippen LogP contribution in [0.3, 0.4) is 0 Å². The van der Waals surface area contributed by atoms with Crippen LogP contribution in [0.5, 0.6) is 0 Å². The fourth-order valence-electron chi connectivity index (χ4n) is 2.09. The summed E-state index contributed by atoms with van der Waals surface area (Å²) in [4.78, 5) is 0. The summed E-state index contributed by atoms with van der Waals surface area (Å²) in [7, 11) is 0. The van der Waals surface area contributed by atoms with Gasteiger partial charge in [0.05, 0.1) is 16.4 Å². The van der Waals surface area contributed by atoms with Crippen LogP contribution >= 0.6 is 34.2 Å². The molecule has 1 aromatic rings. The van der Waals surface area contributed by atoms with E-state index in [1.807, 2.05) is 4.68 Å². The van der Waals surface area contributed by atoms with Gasteiger partial charge < -0.3 is 5.32 Å². The third kappa shape index (κ3) is 5.60. The van der Waals surface area contributed by atoms with E-state index in [0.29, 0.717) is 0 Å². The maximum Gasteiger partial charge on any atom is 0.0863 e. The van der Waals surface area contributed by atoms with Crippen molar-refractivity contribution in [2.75, 3.05) is 11.0 Å². The maximum absolute atomic E-state index is 6.37. The van der Waals surface area contributed by atoms with Crippen LogP contribution in [0, 0.1) is 0 Å². The van der Waals surface area contributed by atoms with E-state index >= 15 is 0 Å². The Kier molecular flexibility index (Phi) is 9.07. The number of nitrogens with zero attached hydrogens (tertiary/aromatic N) is 2. The average Bonchev–Trinajstić information content (AvgIpc) is 2.74. The van der Waals surface area contributed by atoms with Gasteiger partial charge in [-0.1, -0.05) is 54.0 Å². The third-order valence-corrected chi connectivity index (χ3v) is 4.42. The van der Waals surface area contributed by atoms with Crippen molar-refractivity contribution in [1.82, 2.24) is 15.1 Å². The first kappa shape index (κ1) is 17.2. The molecular weight excluding hydrogens is 373 g/mol. The Bertz CT molecular complexity index is 366. The topological polar surface area (TPSA) is 29.9 Å². The fraction of sp³-hybridized carbons (Fsp3) is 0.786. The van der Waals surface area contributed by atoms with E-state index < -0.39 is 0 Å². The first-order chi connectivity index (χ1) is 9.24. The van der Waals surface area contributed by atoms with Gasteiger partial charge >= 0.3 is 0 Å². The summed E-state index contributed by atoms with van der Waals surface area (Å²) in [6.07, 6.45) is 6.15. The second-order valence-corrected chi connectivity index (χ2v) is 6.11. The molecule has 0 aliphatic rings. The lowest BCUT2D eigenvalue weighted by Crippen LogP contribution is -2.18. The largest absolute Gasteiger partial charge is 0.311 e. The van der Waals surface area contributed by atoms with Gasteiger partial charge in [-0.05, 0) is 37.2 Å². The normalized spacial score (nSPS) is 11.2. The highest BCUT2D eigenvalue weighted by Gasteiger charge is 2.13. The number of unbranched alkanes of at least 4 members (excludes halogenated alkanes) is 3. The predicted octanol–water partition coefficient (Wildman–Crippen LogP) is 4.20. The Hall–Kier alpha value is 0.190. The van der Waals surface area contributed by atoms with Gasteiger partial charge in [0.1, 0.15) is 0 Å². The lowest BCUT2D eigenvalue weighted by Gasteiger charge is -2.07. The van der Waals surface area contributed by atoms with Crippen molar-refractivity contribution in [3.63, 3.8) is 0 Å². The molecule has 0 bridgehead atoms. The zero-order valence-corrected chi connectivity index (χ0v) is 14.9. The van der Waals surface area contributed by atoms with Crippen LogP contribution < -0.4 is 5.32 Å². The fourth-order valence-corrected chi connectivity index (χ4v) is 2.97. The number of alkyl halides is 1. The van der Waals surface area contributed by atoms with Crippen molar-refractivity contribution >= 4 is 34.2 Å². The first-order valence-electron chi connectivity index (χ1n) is 7.25. The molecule has 110 valence electrons. The summed E-state index contributed by atoms with van der Waals surface area (Å²) in [5, 5.41) is 8.86. The smallest absolute Gasteiger partial charge is 0.0863 e. The highest BCUT2D eigenvalue weighted by Crippen LogP contribution is 2.21. The minimum absolute atomic E-state index is 0.825. The predicted molar refractivity (Wildman–Crippen MR) is 91.4 cm³/mol. The molecule has 0 unspecified atom stereocenters. The summed E-state index contributed by atoms with van der Waals surface area (Å²) in [6.45, 7) is 6.97. The molecule has 5 heteroatoms. The Labute approximate surface area is 135 Å². The lowest BCUT2D eigenvalue weighted by molar-refractivity contribution is 0.557. The molecule has 0 saturated carbocycles. The van der Waals surface area contributed by atoms with Crippen LogP contribution in [0.25, 0.3) is 0 Å². The zero-order valence-electron chi connectivity index (χ0n) is 12.0. The molecule has 1 aromatic heterocycles. The Morgan fingerprint density at radius 3 is 2.58 bits per heavy atom. The molecule has 0 radical (unpaired) electrons. The van der Waals surface area contributed by atoms with Crippen LogP contribution in [0.4, 0.5) is 0 Å². The van der Waals surface area contributed by atoms with Gasteiger partial charge in [0.25, 0.3) is 0 Å². The molecule has 0 amide bonds. The molecule has 0 spiro atoms. The first-order valence-corrected chi connectivity index (χ1v) is 9.15. The van der Waals surface area contributed by atoms with E-state index in [1.54, 1.807) is 0 Å². The second-order valence-electron chi connectivity index (χ2n) is 4.66. The number of hydrogen-bond donors (Lipinski definition) is 1. The number of aryl methyl sites for hydroxylation is 2. The Balaban J connectivity index is 2.34. The number of aromatic nitrogens is 2. The van der Waals surface area contributed by atoms with Crippen molar-refractivity contribution in [2.24, 2.45) is 0 Å². The van der Waals surface area contributed by atoms with Crippen molar-refractivity contribution < 1.29 is 0 Å². The molecule has 19 heavy (non-hydrogen) atoms. The van der Waals surface area contributed by atoms with Crippen LogP contribution in [0.2, 0.25) is 5.02 Å². The molecule has 1 N–H and O–H groups in total. The van der Waals surface area contributed by atoms with Crippen LogP contribution in [-0.4, -0.2) is 20.8 Å². The molecule has 0 aliphatic heterocycles. The van der Waals surface area contributed by atoms with Gasteiger partial charge in [-0.25, -0.2) is 0 Å². The Morgan fingerprint density at radius 1 is 1.21 bits per heavy atom. The minimum atomic E-state index is 0.825. The quantitative estimate of drug-likeness (QED) is 0.364. The molecule has 0 aromatic carbocycles. The standard InChI is InChI=1S/C14H25ClIN3/c1-3-12-14(15)13(19(4-2)18-12)11-17-10-8-6-5-7-9-16/h17H,3-11H2,1-2H3. The molecule has 0 atom stereocenters. The third-order valence-electron chi connectivity index (χ3n) is 3.22. The summed E-state index contributed by atoms with van der Waals surface area (Å²) >= 11 is 8.81. The highest BCUT2D eigenvalue weighted by atomic mass is 127. The lowest BCUT2D eigenvalue weighted by atomic mass is 10.2. The average molecular weight is 398 g/mol. The van der Waals surface area contributed by atoms with E-state index in [1.165, 1.54) is 30.1 Å². The van der Waals surface area contributed by atoms with Crippen LogP contribution in [0.1, 0.15) is 50.9 Å². The summed E-state index contributed by atoms with van der Waals surface area (Å²) in [5.74, 6) is 0. The second kappa shape index (κ2) is 10.00. The molecule has 3 nitrogen and oxygen atoms in total. The molecule has 0 saturated heterocycles. The minimum Gasteiger partial charge on any atom is -0.311 e. The van der Waals surface area contributed by atoms with E-state index in [4.69, 9.17) is 11.6 Å². The van der Waals surface area contributed by atoms with Crippen molar-refractivity contribution in [3.8, 4) is 0 Å². The van der Waals surface area contributed by atoms with Crippen molar-refractivity contribution in [1.29, 1.82) is 0 Å². The maximum atomic E-state index is 6.37. The molecular formula is C14H25ClIN3. The van der Waals surface area contributed by atoms with Crippen LogP contribution in [0.15, 0.2) is 0 Å². The van der Waals surface area contributed by atoms with Gasteiger partial charge in [0, 0.05) is 13.1 Å². The van der Waals surface area contributed by atoms with Crippen molar-refractivity contribution in [3.05, 3.63) is 16.4 Å². The van der Waals surface area contributed by atoms with Gasteiger partial charge in [-0.2, -0.15) is 5.10 Å². The monoisotopic (exact) mass is 397 g/mol. The SMILES string of the molecule is CCc1nn(CC)c(CNCCCCCCI)c1Cl. The van der Waals surface area contributed by atoms with E-state index in [0.717, 1.165) is 42.5 Å². The summed E-state index contributed by atoms with van der Waals surface area (Å²) in [6, 6.07) is 0. The highest BCUT2D eigenvalue weighted by molar-refractivity contribution is 14.1. The zero-order chi connectivity index (χ0) is 14.1. The number of hydrogen-bond acceptors (Lipinski definition) is 2. The van der Waals surface area contributed by atoms with E-state index in [2.05, 4.69) is 46.9 Å². The van der Waals surface area contributed by atoms with Gasteiger partial charge in [0.2, 0.25) is 0 Å². The summed E-state index contributed by atoms with van der Waals surface area (Å²) < 4.78 is 3.29. The molecule has 0 fully saturated rings. The van der Waals surface area contributed by atoms with Crippen LogP contribution in [-0.2, 0) is 19.5 Å². The Morgan fingerprint density at radius 2 is 1.95 bits per heavy atom. The molecule has 0 aliphatic carbocycles. The van der Waals surface area contributed by atoms with E-state index in [9.17, 15) is 0 Å². The molecule has 1 rings (SSSR count). The number of halogens is 2. The van der Waals surface area contributed by atoms with Gasteiger partial charge in [-0.15, -0.1) is 0 Å². The number of nitrogens with one attached hydrogen (secondary N) is 1. The van der Waals surface area contributed by atoms with Gasteiger partial charge in [-0.3, -0.25) is 4.68 Å². The van der Waals surface area contributed by atoms with Crippen molar-refractivity contribution in [2.45, 2.75) is 59.0 Å². The number of rotatable bonds is 10. The van der Waals surface area contributed by atoms with Gasteiger partial charge in [0.15, 0.2) is 0 Å². The molecule has 1 heterocycles.